The zero-order chi connectivity index (χ0) is 24.6. The lowest BCUT2D eigenvalue weighted by Crippen LogP contribution is -2.42. The Morgan fingerprint density at radius 3 is 2.45 bits per heavy atom. The fourth-order valence-corrected chi connectivity index (χ4v) is 4.63. The number of hydrogen-bond donors (Lipinski definition) is 1. The number of rotatable bonds is 6. The number of hydrogen-bond acceptors (Lipinski definition) is 3. The van der Waals surface area contributed by atoms with Crippen LogP contribution in [0.1, 0.15) is 75.9 Å². The lowest BCUT2D eigenvalue weighted by Gasteiger charge is -2.41. The Hall–Kier alpha value is -2.66. The molecule has 6 heteroatoms. The highest BCUT2D eigenvalue weighted by molar-refractivity contribution is 6.31. The van der Waals surface area contributed by atoms with Gasteiger partial charge in [-0.1, -0.05) is 65.3 Å². The summed E-state index contributed by atoms with van der Waals surface area (Å²) in [7, 11) is 0. The van der Waals surface area contributed by atoms with Crippen molar-refractivity contribution >= 4 is 29.3 Å². The summed E-state index contributed by atoms with van der Waals surface area (Å²) in [5.74, 6) is -0.540. The van der Waals surface area contributed by atoms with E-state index < -0.39 is 11.4 Å². The first kappa shape index (κ1) is 25.0. The van der Waals surface area contributed by atoms with Gasteiger partial charge in [0.05, 0.1) is 5.56 Å². The van der Waals surface area contributed by atoms with Crippen LogP contribution >= 0.6 is 11.6 Å². The number of carbonyl (C=O) groups is 2. The monoisotopic (exact) mass is 468 g/mol. The molecule has 0 bridgehead atoms. The average Bonchev–Trinajstić information content (AvgIpc) is 2.72. The summed E-state index contributed by atoms with van der Waals surface area (Å²) in [4.78, 5) is 30.1. The van der Waals surface area contributed by atoms with E-state index in [1.165, 1.54) is 17.2 Å². The molecule has 1 aliphatic heterocycles. The minimum absolute atomic E-state index is 0.0855. The van der Waals surface area contributed by atoms with Crippen molar-refractivity contribution in [2.24, 2.45) is 11.3 Å². The van der Waals surface area contributed by atoms with Crippen LogP contribution < -0.4 is 4.90 Å². The fraction of sp³-hybridized carbons (Fsp3) is 0.444. The van der Waals surface area contributed by atoms with Crippen LogP contribution in [-0.4, -0.2) is 22.0 Å². The Bertz CT molecular complexity index is 1080. The second-order valence-electron chi connectivity index (χ2n) is 10.6. The summed E-state index contributed by atoms with van der Waals surface area (Å²) in [6, 6.07) is 9.24. The first-order valence-electron chi connectivity index (χ1n) is 11.3. The van der Waals surface area contributed by atoms with Crippen molar-refractivity contribution in [1.82, 2.24) is 4.98 Å². The third kappa shape index (κ3) is 5.47. The zero-order valence-electron chi connectivity index (χ0n) is 20.3. The molecule has 3 rings (SSSR count). The molecule has 0 spiro atoms. The zero-order valence-corrected chi connectivity index (χ0v) is 21.0. The smallest absolute Gasteiger partial charge is 0.337 e. The molecule has 2 aromatic rings. The number of nitrogens with zero attached hydrogens (tertiary/aromatic N) is 2. The molecular weight excluding hydrogens is 436 g/mol. The van der Waals surface area contributed by atoms with E-state index >= 15 is 0 Å². The first-order chi connectivity index (χ1) is 15.3. The Labute approximate surface area is 201 Å². The molecule has 5 nitrogen and oxygen atoms in total. The highest BCUT2D eigenvalue weighted by Gasteiger charge is 2.41. The molecule has 0 aliphatic carbocycles. The number of carbonyl (C=O) groups excluding carboxylic acids is 1. The van der Waals surface area contributed by atoms with Crippen molar-refractivity contribution in [1.29, 1.82) is 0 Å². The number of aromatic carboxylic acids is 1. The lowest BCUT2D eigenvalue weighted by molar-refractivity contribution is -0.119. The van der Waals surface area contributed by atoms with Gasteiger partial charge in [0.25, 0.3) is 0 Å². The summed E-state index contributed by atoms with van der Waals surface area (Å²) in [6.07, 6.45) is 5.37. The molecule has 1 aromatic carbocycles. The van der Waals surface area contributed by atoms with Gasteiger partial charge in [-0.15, -0.1) is 0 Å². The van der Waals surface area contributed by atoms with Crippen LogP contribution in [-0.2, 0) is 16.6 Å². The number of aryl methyl sites for hydroxylation is 1. The molecule has 1 atom stereocenters. The van der Waals surface area contributed by atoms with Gasteiger partial charge in [-0.3, -0.25) is 9.69 Å². The van der Waals surface area contributed by atoms with Crippen LogP contribution in [0.4, 0.5) is 5.82 Å². The molecule has 0 radical (unpaired) electrons. The number of benzene rings is 1. The normalized spacial score (nSPS) is 19.1. The van der Waals surface area contributed by atoms with Gasteiger partial charge in [0.1, 0.15) is 5.82 Å². The number of pyridine rings is 1. The van der Waals surface area contributed by atoms with Crippen LogP contribution in [0.15, 0.2) is 48.3 Å². The molecular formula is C27H33ClN2O3. The van der Waals surface area contributed by atoms with Gasteiger partial charge in [0.2, 0.25) is 5.91 Å². The topological polar surface area (TPSA) is 70.5 Å². The Balaban J connectivity index is 1.97. The highest BCUT2D eigenvalue weighted by atomic mass is 35.5. The predicted molar refractivity (Wildman–Crippen MR) is 133 cm³/mol. The maximum absolute atomic E-state index is 13.2. The molecule has 2 heterocycles. The molecule has 33 heavy (non-hydrogen) atoms. The van der Waals surface area contributed by atoms with E-state index in [2.05, 4.69) is 58.7 Å². The van der Waals surface area contributed by atoms with E-state index in [1.54, 1.807) is 6.07 Å². The molecule has 1 aromatic heterocycles. The molecule has 0 fully saturated rings. The quantitative estimate of drug-likeness (QED) is 0.515. The van der Waals surface area contributed by atoms with Crippen molar-refractivity contribution in [2.75, 3.05) is 4.90 Å². The summed E-state index contributed by atoms with van der Waals surface area (Å²) in [5, 5.41) is 9.86. The van der Waals surface area contributed by atoms with Gasteiger partial charge in [-0.25, -0.2) is 9.78 Å². The van der Waals surface area contributed by atoms with E-state index in [0.717, 1.165) is 34.6 Å². The molecule has 0 saturated carbocycles. The first-order valence-corrected chi connectivity index (χ1v) is 11.7. The average molecular weight is 469 g/mol. The number of anilines is 1. The third-order valence-electron chi connectivity index (χ3n) is 6.38. The second kappa shape index (κ2) is 9.30. The van der Waals surface area contributed by atoms with Crippen LogP contribution in [0, 0.1) is 11.3 Å². The number of amides is 1. The van der Waals surface area contributed by atoms with Gasteiger partial charge in [-0.2, -0.15) is 0 Å². The second-order valence-corrected chi connectivity index (χ2v) is 11.0. The standard InChI is InChI=1S/C27H33ClN2O3/c1-17(2)21-16-30(23-10-8-19(15-29-23)25(32)33)24(31)14-27(21,6)20-9-7-18(22(28)13-20)11-12-26(3,4)5/h7-10,13,15-17H,11-12,14H2,1-6H3,(H,32,33)/t27-/m0/s1. The number of allylic oxidation sites excluding steroid dienone is 1. The van der Waals surface area contributed by atoms with Crippen molar-refractivity contribution < 1.29 is 14.7 Å². The molecule has 1 amide bonds. The van der Waals surface area contributed by atoms with Gasteiger partial charge >= 0.3 is 5.97 Å². The number of halogens is 1. The van der Waals surface area contributed by atoms with Gasteiger partial charge < -0.3 is 5.11 Å². The maximum atomic E-state index is 13.2. The Kier molecular flexibility index (Phi) is 7.04. The molecule has 1 N–H and O–H groups in total. The summed E-state index contributed by atoms with van der Waals surface area (Å²) >= 11 is 6.70. The van der Waals surface area contributed by atoms with E-state index in [-0.39, 0.29) is 29.2 Å². The molecule has 1 aliphatic rings. The minimum Gasteiger partial charge on any atom is -0.478 e. The summed E-state index contributed by atoms with van der Waals surface area (Å²) in [5.41, 5.74) is 3.08. The van der Waals surface area contributed by atoms with Crippen LogP contribution in [0.5, 0.6) is 0 Å². The highest BCUT2D eigenvalue weighted by Crippen LogP contribution is 2.44. The fourth-order valence-electron chi connectivity index (χ4n) is 4.35. The number of carboxylic acids is 1. The van der Waals surface area contributed by atoms with E-state index in [1.807, 2.05) is 12.3 Å². The summed E-state index contributed by atoms with van der Waals surface area (Å²) in [6.45, 7) is 13.0. The van der Waals surface area contributed by atoms with Gasteiger partial charge in [0.15, 0.2) is 0 Å². The van der Waals surface area contributed by atoms with Gasteiger partial charge in [0, 0.05) is 29.3 Å². The van der Waals surface area contributed by atoms with Crippen molar-refractivity contribution in [3.05, 3.63) is 70.0 Å². The number of carboxylic acid groups (broad SMARTS) is 1. The maximum Gasteiger partial charge on any atom is 0.337 e. The summed E-state index contributed by atoms with van der Waals surface area (Å²) < 4.78 is 0. The SMILES string of the molecule is CC(C)C1=CN(c2ccc(C(=O)O)cn2)C(=O)C[C@@]1(C)c1ccc(CCC(C)(C)C)c(Cl)c1. The van der Waals surface area contributed by atoms with Crippen LogP contribution in [0.3, 0.4) is 0 Å². The van der Waals surface area contributed by atoms with Crippen LogP contribution in [0.2, 0.25) is 5.02 Å². The predicted octanol–water partition coefficient (Wildman–Crippen LogP) is 6.65. The van der Waals surface area contributed by atoms with Crippen LogP contribution in [0.25, 0.3) is 0 Å². The molecule has 0 saturated heterocycles. The number of aromatic nitrogens is 1. The minimum atomic E-state index is -1.05. The van der Waals surface area contributed by atoms with Crippen molar-refractivity contribution in [3.63, 3.8) is 0 Å². The van der Waals surface area contributed by atoms with E-state index in [0.29, 0.717) is 5.82 Å². The Morgan fingerprint density at radius 2 is 1.94 bits per heavy atom. The third-order valence-corrected chi connectivity index (χ3v) is 6.73. The lowest BCUT2D eigenvalue weighted by atomic mass is 9.68. The van der Waals surface area contributed by atoms with E-state index in [9.17, 15) is 9.59 Å². The Morgan fingerprint density at radius 1 is 1.24 bits per heavy atom. The van der Waals surface area contributed by atoms with Gasteiger partial charge in [-0.05, 0) is 59.1 Å². The van der Waals surface area contributed by atoms with Crippen molar-refractivity contribution in [3.8, 4) is 0 Å². The largest absolute Gasteiger partial charge is 0.478 e. The van der Waals surface area contributed by atoms with Crippen molar-refractivity contribution in [2.45, 2.75) is 66.2 Å². The van der Waals surface area contributed by atoms with E-state index in [4.69, 9.17) is 16.7 Å². The molecule has 0 unspecified atom stereocenters. The molecule has 176 valence electrons.